The molecule has 0 amide bonds. The molecule has 2 rings (SSSR count). The molecule has 0 radical (unpaired) electrons. The average Bonchev–Trinajstić information content (AvgIpc) is 2.43. The quantitative estimate of drug-likeness (QED) is 0.752. The molecule has 1 aliphatic heterocycles. The number of piperidine rings is 1. The lowest BCUT2D eigenvalue weighted by Crippen LogP contribution is -2.38. The number of carbonyl (C=O) groups excluding carboxylic acids is 2. The first kappa shape index (κ1) is 13.7. The number of Topliss-reactive ketones (excluding diaryl/α,β-unsaturated/α-hetero) is 1. The van der Waals surface area contributed by atoms with Gasteiger partial charge < -0.3 is 4.74 Å². The largest absolute Gasteiger partial charge is 0.464 e. The molecule has 0 saturated carbocycles. The van der Waals surface area contributed by atoms with Gasteiger partial charge in [-0.2, -0.15) is 0 Å². The Morgan fingerprint density at radius 1 is 1.16 bits per heavy atom. The van der Waals surface area contributed by atoms with Crippen molar-refractivity contribution in [2.75, 3.05) is 26.2 Å². The zero-order valence-corrected chi connectivity index (χ0v) is 11.0. The molecule has 0 aliphatic carbocycles. The Morgan fingerprint density at radius 2 is 1.84 bits per heavy atom. The van der Waals surface area contributed by atoms with Crippen LogP contribution in [0, 0.1) is 0 Å². The SMILES string of the molecule is O=C1CCN(CC(=O)OCCc2ccccc2)CC1. The fraction of sp³-hybridized carbons (Fsp3) is 0.467. The lowest BCUT2D eigenvalue weighted by atomic mass is 10.1. The Labute approximate surface area is 113 Å². The Balaban J connectivity index is 1.63. The Morgan fingerprint density at radius 3 is 2.53 bits per heavy atom. The van der Waals surface area contributed by atoms with E-state index in [4.69, 9.17) is 4.74 Å². The third kappa shape index (κ3) is 4.83. The molecule has 4 nitrogen and oxygen atoms in total. The van der Waals surface area contributed by atoms with E-state index in [-0.39, 0.29) is 11.8 Å². The van der Waals surface area contributed by atoms with E-state index >= 15 is 0 Å². The molecule has 102 valence electrons. The first-order valence-corrected chi connectivity index (χ1v) is 6.67. The summed E-state index contributed by atoms with van der Waals surface area (Å²) >= 11 is 0. The average molecular weight is 261 g/mol. The number of hydrogen-bond donors (Lipinski definition) is 0. The summed E-state index contributed by atoms with van der Waals surface area (Å²) in [5.41, 5.74) is 1.17. The molecule has 1 fully saturated rings. The standard InChI is InChI=1S/C15H19NO3/c17-14-6-9-16(10-7-14)12-15(18)19-11-8-13-4-2-1-3-5-13/h1-5H,6-12H2. The zero-order valence-electron chi connectivity index (χ0n) is 11.0. The van der Waals surface area contributed by atoms with Gasteiger partial charge >= 0.3 is 5.97 Å². The number of rotatable bonds is 5. The molecule has 0 spiro atoms. The van der Waals surface area contributed by atoms with Crippen LogP contribution in [-0.4, -0.2) is 42.9 Å². The molecular weight excluding hydrogens is 242 g/mol. The number of carbonyl (C=O) groups is 2. The van der Waals surface area contributed by atoms with Crippen LogP contribution in [-0.2, 0) is 20.7 Å². The molecule has 19 heavy (non-hydrogen) atoms. The van der Waals surface area contributed by atoms with Crippen LogP contribution >= 0.6 is 0 Å². The van der Waals surface area contributed by atoms with E-state index in [2.05, 4.69) is 0 Å². The minimum atomic E-state index is -0.203. The van der Waals surface area contributed by atoms with E-state index < -0.39 is 0 Å². The Bertz CT molecular complexity index is 420. The van der Waals surface area contributed by atoms with Crippen molar-refractivity contribution in [1.82, 2.24) is 4.90 Å². The zero-order chi connectivity index (χ0) is 13.5. The number of hydrogen-bond acceptors (Lipinski definition) is 4. The summed E-state index contributed by atoms with van der Waals surface area (Å²) < 4.78 is 5.21. The van der Waals surface area contributed by atoms with E-state index in [9.17, 15) is 9.59 Å². The van der Waals surface area contributed by atoms with E-state index in [1.54, 1.807) is 0 Å². The van der Waals surface area contributed by atoms with Crippen LogP contribution in [0.1, 0.15) is 18.4 Å². The molecule has 0 bridgehead atoms. The maximum absolute atomic E-state index is 11.6. The maximum Gasteiger partial charge on any atom is 0.320 e. The fourth-order valence-corrected chi connectivity index (χ4v) is 2.12. The lowest BCUT2D eigenvalue weighted by molar-refractivity contribution is -0.145. The highest BCUT2D eigenvalue weighted by molar-refractivity contribution is 5.80. The van der Waals surface area contributed by atoms with Crippen molar-refractivity contribution in [3.05, 3.63) is 35.9 Å². The van der Waals surface area contributed by atoms with E-state index in [0.717, 1.165) is 6.42 Å². The first-order chi connectivity index (χ1) is 9.24. The van der Waals surface area contributed by atoms with Gasteiger partial charge in [0.15, 0.2) is 0 Å². The molecule has 0 N–H and O–H groups in total. The topological polar surface area (TPSA) is 46.6 Å². The number of nitrogens with zero attached hydrogens (tertiary/aromatic N) is 1. The normalized spacial score (nSPS) is 16.3. The predicted molar refractivity (Wildman–Crippen MR) is 71.8 cm³/mol. The third-order valence-electron chi connectivity index (χ3n) is 3.26. The highest BCUT2D eigenvalue weighted by Crippen LogP contribution is 2.05. The number of ketones is 1. The molecule has 0 atom stereocenters. The number of benzene rings is 1. The number of esters is 1. The van der Waals surface area contributed by atoms with Crippen LogP contribution in [0.4, 0.5) is 0 Å². The molecule has 1 aliphatic rings. The molecule has 1 saturated heterocycles. The van der Waals surface area contributed by atoms with Crippen molar-refractivity contribution >= 4 is 11.8 Å². The van der Waals surface area contributed by atoms with Crippen molar-refractivity contribution in [2.24, 2.45) is 0 Å². The summed E-state index contributed by atoms with van der Waals surface area (Å²) in [6.45, 7) is 2.05. The molecule has 0 aromatic heterocycles. The second-order valence-electron chi connectivity index (χ2n) is 4.77. The number of ether oxygens (including phenoxy) is 1. The minimum absolute atomic E-state index is 0.203. The van der Waals surface area contributed by atoms with Crippen LogP contribution in [0.2, 0.25) is 0 Å². The van der Waals surface area contributed by atoms with Gasteiger partial charge in [0, 0.05) is 32.4 Å². The summed E-state index contributed by atoms with van der Waals surface area (Å²) in [6.07, 6.45) is 1.85. The molecule has 0 unspecified atom stereocenters. The molecular formula is C15H19NO3. The van der Waals surface area contributed by atoms with Crippen LogP contribution in [0.3, 0.4) is 0 Å². The van der Waals surface area contributed by atoms with Crippen molar-refractivity contribution in [3.8, 4) is 0 Å². The molecule has 1 aromatic carbocycles. The van der Waals surface area contributed by atoms with Crippen LogP contribution < -0.4 is 0 Å². The monoisotopic (exact) mass is 261 g/mol. The van der Waals surface area contributed by atoms with Crippen LogP contribution in [0.25, 0.3) is 0 Å². The van der Waals surface area contributed by atoms with Crippen LogP contribution in [0.5, 0.6) is 0 Å². The van der Waals surface area contributed by atoms with Gasteiger partial charge in [-0.3, -0.25) is 14.5 Å². The highest BCUT2D eigenvalue weighted by Gasteiger charge is 2.18. The lowest BCUT2D eigenvalue weighted by Gasteiger charge is -2.24. The fourth-order valence-electron chi connectivity index (χ4n) is 2.12. The smallest absolute Gasteiger partial charge is 0.320 e. The van der Waals surface area contributed by atoms with Gasteiger partial charge in [-0.05, 0) is 5.56 Å². The summed E-state index contributed by atoms with van der Waals surface area (Å²) in [5.74, 6) is 0.0824. The second kappa shape index (κ2) is 7.04. The van der Waals surface area contributed by atoms with E-state index in [1.165, 1.54) is 5.56 Å². The van der Waals surface area contributed by atoms with Gasteiger partial charge in [-0.25, -0.2) is 0 Å². The van der Waals surface area contributed by atoms with Gasteiger partial charge in [-0.15, -0.1) is 0 Å². The summed E-state index contributed by atoms with van der Waals surface area (Å²) in [4.78, 5) is 24.7. The summed E-state index contributed by atoms with van der Waals surface area (Å²) in [7, 11) is 0. The van der Waals surface area contributed by atoms with Crippen molar-refractivity contribution in [3.63, 3.8) is 0 Å². The molecule has 4 heteroatoms. The van der Waals surface area contributed by atoms with Gasteiger partial charge in [0.2, 0.25) is 0 Å². The van der Waals surface area contributed by atoms with E-state index in [1.807, 2.05) is 35.2 Å². The Hall–Kier alpha value is -1.68. The molecule has 1 heterocycles. The van der Waals surface area contributed by atoms with E-state index in [0.29, 0.717) is 39.1 Å². The summed E-state index contributed by atoms with van der Waals surface area (Å²) in [5, 5.41) is 0. The first-order valence-electron chi connectivity index (χ1n) is 6.67. The minimum Gasteiger partial charge on any atom is -0.464 e. The van der Waals surface area contributed by atoms with Gasteiger partial charge in [0.1, 0.15) is 5.78 Å². The predicted octanol–water partition coefficient (Wildman–Crippen LogP) is 1.44. The van der Waals surface area contributed by atoms with Crippen molar-refractivity contribution in [2.45, 2.75) is 19.3 Å². The second-order valence-corrected chi connectivity index (χ2v) is 4.77. The Kier molecular flexibility index (Phi) is 5.10. The van der Waals surface area contributed by atoms with Crippen molar-refractivity contribution < 1.29 is 14.3 Å². The third-order valence-corrected chi connectivity index (χ3v) is 3.26. The van der Waals surface area contributed by atoms with Crippen LogP contribution in [0.15, 0.2) is 30.3 Å². The number of likely N-dealkylation sites (tertiary alicyclic amines) is 1. The summed E-state index contributed by atoms with van der Waals surface area (Å²) in [6, 6.07) is 9.95. The van der Waals surface area contributed by atoms with Gasteiger partial charge in [0.05, 0.1) is 13.2 Å². The highest BCUT2D eigenvalue weighted by atomic mass is 16.5. The van der Waals surface area contributed by atoms with Gasteiger partial charge in [-0.1, -0.05) is 30.3 Å². The molecule has 1 aromatic rings. The maximum atomic E-state index is 11.6. The van der Waals surface area contributed by atoms with Gasteiger partial charge in [0.25, 0.3) is 0 Å². The van der Waals surface area contributed by atoms with Crippen molar-refractivity contribution in [1.29, 1.82) is 0 Å².